The van der Waals surface area contributed by atoms with E-state index in [2.05, 4.69) is 9.71 Å². The average Bonchev–Trinajstić information content (AvgIpc) is 2.63. The number of hydrogen-bond acceptors (Lipinski definition) is 5. The largest absolute Gasteiger partial charge is 0.398 e. The Morgan fingerprint density at radius 3 is 2.50 bits per heavy atom. The van der Waals surface area contributed by atoms with Crippen LogP contribution in [0.15, 0.2) is 48.7 Å². The standard InChI is InChI=1S/C20H19FN4O2S/c1-12-7-14(3-5-18(12)21)20-17(9-16(11-24-20)25-28(2,26)27)13-4-6-19(23)15(8-13)10-22/h3-11,22,25H,23H2,1-2H3. The number of halogens is 1. The molecule has 0 fully saturated rings. The summed E-state index contributed by atoms with van der Waals surface area (Å²) in [6.45, 7) is 1.66. The summed E-state index contributed by atoms with van der Waals surface area (Å²) in [7, 11) is -3.48. The highest BCUT2D eigenvalue weighted by Crippen LogP contribution is 2.34. The molecule has 3 aromatic rings. The summed E-state index contributed by atoms with van der Waals surface area (Å²) in [5.41, 5.74) is 10.2. The van der Waals surface area contributed by atoms with Gasteiger partial charge in [0.05, 0.1) is 23.8 Å². The Morgan fingerprint density at radius 2 is 1.86 bits per heavy atom. The van der Waals surface area contributed by atoms with E-state index < -0.39 is 10.0 Å². The molecule has 8 heteroatoms. The number of pyridine rings is 1. The number of nitrogens with one attached hydrogen (secondary N) is 2. The highest BCUT2D eigenvalue weighted by atomic mass is 32.2. The van der Waals surface area contributed by atoms with E-state index in [0.717, 1.165) is 12.5 Å². The number of sulfonamides is 1. The zero-order valence-corrected chi connectivity index (χ0v) is 16.1. The molecule has 0 saturated heterocycles. The fourth-order valence-electron chi connectivity index (χ4n) is 2.84. The van der Waals surface area contributed by atoms with Crippen molar-refractivity contribution in [3.63, 3.8) is 0 Å². The van der Waals surface area contributed by atoms with Crippen molar-refractivity contribution in [3.8, 4) is 22.4 Å². The number of nitrogens with two attached hydrogens (primary N) is 1. The van der Waals surface area contributed by atoms with Gasteiger partial charge in [-0.2, -0.15) is 0 Å². The topological polar surface area (TPSA) is 109 Å². The van der Waals surface area contributed by atoms with Gasteiger partial charge in [-0.1, -0.05) is 6.07 Å². The number of nitrogens with zero attached hydrogens (tertiary/aromatic N) is 1. The maximum Gasteiger partial charge on any atom is 0.229 e. The number of rotatable bonds is 5. The Morgan fingerprint density at radius 1 is 1.14 bits per heavy atom. The van der Waals surface area contributed by atoms with Crippen LogP contribution in [0.5, 0.6) is 0 Å². The molecule has 0 aliphatic carbocycles. The summed E-state index contributed by atoms with van der Waals surface area (Å²) >= 11 is 0. The normalized spacial score (nSPS) is 11.2. The van der Waals surface area contributed by atoms with Crippen LogP contribution >= 0.6 is 0 Å². The predicted octanol–water partition coefficient (Wildman–Crippen LogP) is 3.81. The van der Waals surface area contributed by atoms with Crippen molar-refractivity contribution in [2.75, 3.05) is 16.7 Å². The fraction of sp³-hybridized carbons (Fsp3) is 0.100. The van der Waals surface area contributed by atoms with Crippen molar-refractivity contribution in [1.29, 1.82) is 5.41 Å². The number of anilines is 2. The summed E-state index contributed by atoms with van der Waals surface area (Å²) in [5.74, 6) is -0.320. The number of aromatic nitrogens is 1. The van der Waals surface area contributed by atoms with Crippen molar-refractivity contribution in [1.82, 2.24) is 4.98 Å². The highest BCUT2D eigenvalue weighted by Gasteiger charge is 2.14. The van der Waals surface area contributed by atoms with Gasteiger partial charge in [0.1, 0.15) is 5.82 Å². The van der Waals surface area contributed by atoms with Gasteiger partial charge in [-0.05, 0) is 54.4 Å². The second-order valence-corrected chi connectivity index (χ2v) is 8.19. The van der Waals surface area contributed by atoms with Crippen molar-refractivity contribution >= 4 is 27.6 Å². The summed E-state index contributed by atoms with van der Waals surface area (Å²) in [4.78, 5) is 4.42. The molecule has 4 N–H and O–H groups in total. The van der Waals surface area contributed by atoms with Gasteiger partial charge < -0.3 is 11.1 Å². The maximum absolute atomic E-state index is 13.7. The van der Waals surface area contributed by atoms with Crippen molar-refractivity contribution in [2.45, 2.75) is 6.92 Å². The molecule has 0 unspecified atom stereocenters. The van der Waals surface area contributed by atoms with Crippen LogP contribution in [0, 0.1) is 18.2 Å². The van der Waals surface area contributed by atoms with Crippen LogP contribution in [0.2, 0.25) is 0 Å². The smallest absolute Gasteiger partial charge is 0.229 e. The van der Waals surface area contributed by atoms with Crippen molar-refractivity contribution in [2.24, 2.45) is 0 Å². The Kier molecular flexibility index (Phi) is 5.15. The molecule has 28 heavy (non-hydrogen) atoms. The molecule has 2 aromatic carbocycles. The SMILES string of the molecule is Cc1cc(-c2ncc(NS(C)(=O)=O)cc2-c2ccc(N)c(C=N)c2)ccc1F. The first-order valence-corrected chi connectivity index (χ1v) is 10.2. The second-order valence-electron chi connectivity index (χ2n) is 6.45. The van der Waals surface area contributed by atoms with E-state index in [9.17, 15) is 12.8 Å². The lowest BCUT2D eigenvalue weighted by molar-refractivity contribution is 0.606. The van der Waals surface area contributed by atoms with Gasteiger partial charge in [0.2, 0.25) is 10.0 Å². The fourth-order valence-corrected chi connectivity index (χ4v) is 3.38. The molecule has 0 spiro atoms. The molecule has 0 aliphatic heterocycles. The molecule has 0 atom stereocenters. The molecule has 0 aliphatic rings. The lowest BCUT2D eigenvalue weighted by Crippen LogP contribution is -2.10. The lowest BCUT2D eigenvalue weighted by Gasteiger charge is -2.14. The van der Waals surface area contributed by atoms with Crippen molar-refractivity contribution < 1.29 is 12.8 Å². The molecule has 0 bridgehead atoms. The Balaban J connectivity index is 2.24. The molecule has 0 saturated carbocycles. The Labute approximate surface area is 162 Å². The molecular formula is C20H19FN4O2S. The average molecular weight is 398 g/mol. The quantitative estimate of drug-likeness (QED) is 0.448. The third-order valence-electron chi connectivity index (χ3n) is 4.18. The molecule has 144 valence electrons. The molecule has 1 aromatic heterocycles. The van der Waals surface area contributed by atoms with Crippen LogP contribution in [0.4, 0.5) is 15.8 Å². The van der Waals surface area contributed by atoms with Gasteiger partial charge in [-0.25, -0.2) is 12.8 Å². The van der Waals surface area contributed by atoms with Gasteiger partial charge in [0, 0.05) is 28.6 Å². The summed E-state index contributed by atoms with van der Waals surface area (Å²) in [5, 5.41) is 7.52. The van der Waals surface area contributed by atoms with Crippen LogP contribution in [0.3, 0.4) is 0 Å². The first kappa shape index (κ1) is 19.5. The highest BCUT2D eigenvalue weighted by molar-refractivity contribution is 7.92. The zero-order chi connectivity index (χ0) is 20.5. The number of hydrogen-bond donors (Lipinski definition) is 3. The van der Waals surface area contributed by atoms with E-state index >= 15 is 0 Å². The van der Waals surface area contributed by atoms with Crippen LogP contribution in [0.1, 0.15) is 11.1 Å². The Bertz CT molecular complexity index is 1180. The third-order valence-corrected chi connectivity index (χ3v) is 4.78. The van der Waals surface area contributed by atoms with Crippen LogP contribution in [-0.2, 0) is 10.0 Å². The molecule has 6 nitrogen and oxygen atoms in total. The van der Waals surface area contributed by atoms with E-state index in [-0.39, 0.29) is 5.82 Å². The second kappa shape index (κ2) is 7.40. The van der Waals surface area contributed by atoms with E-state index in [1.165, 1.54) is 12.3 Å². The first-order valence-electron chi connectivity index (χ1n) is 8.32. The van der Waals surface area contributed by atoms with Crippen LogP contribution in [0.25, 0.3) is 22.4 Å². The van der Waals surface area contributed by atoms with E-state index in [1.54, 1.807) is 43.3 Å². The predicted molar refractivity (Wildman–Crippen MR) is 111 cm³/mol. The van der Waals surface area contributed by atoms with Gasteiger partial charge in [-0.3, -0.25) is 9.71 Å². The minimum atomic E-state index is -3.48. The van der Waals surface area contributed by atoms with Crippen LogP contribution < -0.4 is 10.5 Å². The Hall–Kier alpha value is -3.26. The molecular weight excluding hydrogens is 379 g/mol. The number of nitrogen functional groups attached to an aromatic ring is 1. The number of benzene rings is 2. The van der Waals surface area contributed by atoms with E-state index in [1.807, 2.05) is 0 Å². The van der Waals surface area contributed by atoms with Crippen LogP contribution in [-0.4, -0.2) is 25.9 Å². The summed E-state index contributed by atoms with van der Waals surface area (Å²) in [6, 6.07) is 11.5. The van der Waals surface area contributed by atoms with E-state index in [4.69, 9.17) is 11.1 Å². The van der Waals surface area contributed by atoms with Gasteiger partial charge >= 0.3 is 0 Å². The zero-order valence-electron chi connectivity index (χ0n) is 15.3. The minimum Gasteiger partial charge on any atom is -0.398 e. The summed E-state index contributed by atoms with van der Waals surface area (Å²) < 4.78 is 39.3. The summed E-state index contributed by atoms with van der Waals surface area (Å²) in [6.07, 6.45) is 3.61. The number of aryl methyl sites for hydroxylation is 1. The van der Waals surface area contributed by atoms with Gasteiger partial charge in [0.15, 0.2) is 0 Å². The van der Waals surface area contributed by atoms with Crippen molar-refractivity contribution in [3.05, 3.63) is 65.6 Å². The maximum atomic E-state index is 13.7. The minimum absolute atomic E-state index is 0.299. The first-order chi connectivity index (χ1) is 13.2. The van der Waals surface area contributed by atoms with E-state index in [0.29, 0.717) is 44.9 Å². The molecule has 0 amide bonds. The monoisotopic (exact) mass is 398 g/mol. The third kappa shape index (κ3) is 4.17. The molecule has 0 radical (unpaired) electrons. The molecule has 1 heterocycles. The van der Waals surface area contributed by atoms with Gasteiger partial charge in [-0.15, -0.1) is 0 Å². The lowest BCUT2D eigenvalue weighted by atomic mass is 9.96. The molecule has 3 rings (SSSR count). The van der Waals surface area contributed by atoms with Gasteiger partial charge in [0.25, 0.3) is 0 Å².